The molecule has 0 aliphatic heterocycles. The van der Waals surface area contributed by atoms with Gasteiger partial charge < -0.3 is 10.1 Å². The number of nitrogens with one attached hydrogen (secondary N) is 1. The molecule has 0 saturated heterocycles. The van der Waals surface area contributed by atoms with Gasteiger partial charge >= 0.3 is 0 Å². The molecule has 1 N–H and O–H groups in total. The highest BCUT2D eigenvalue weighted by Crippen LogP contribution is 2.32. The second-order valence-electron chi connectivity index (χ2n) is 4.17. The monoisotopic (exact) mass is 418 g/mol. The lowest BCUT2D eigenvalue weighted by atomic mass is 10.2. The molecule has 106 valence electrons. The van der Waals surface area contributed by atoms with E-state index in [1.165, 1.54) is 0 Å². The first-order chi connectivity index (χ1) is 9.60. The van der Waals surface area contributed by atoms with Gasteiger partial charge in [0.1, 0.15) is 10.9 Å². The minimum Gasteiger partial charge on any atom is -0.495 e. The van der Waals surface area contributed by atoms with Crippen molar-refractivity contribution in [2.45, 2.75) is 13.1 Å². The molecule has 1 heterocycles. The van der Waals surface area contributed by atoms with E-state index in [-0.39, 0.29) is 0 Å². The Bertz CT molecular complexity index is 590. The highest BCUT2D eigenvalue weighted by Gasteiger charge is 2.08. The second kappa shape index (κ2) is 7.41. The van der Waals surface area contributed by atoms with Crippen LogP contribution in [0.3, 0.4) is 0 Å². The summed E-state index contributed by atoms with van der Waals surface area (Å²) in [6.07, 6.45) is 1.77. The quantitative estimate of drug-likeness (QED) is 0.720. The summed E-state index contributed by atoms with van der Waals surface area (Å²) in [5, 5.41) is 3.87. The largest absolute Gasteiger partial charge is 0.495 e. The molecule has 0 fully saturated rings. The van der Waals surface area contributed by atoms with Crippen molar-refractivity contribution in [3.05, 3.63) is 55.7 Å². The number of nitrogens with zero attached hydrogens (tertiary/aromatic N) is 1. The standard InChI is InChI=1S/C14H13Br2ClN2O/c1-20-14-10(4-11(15)5-12(14)16)8-18-6-9-2-3-13(17)19-7-9/h2-5,7,18H,6,8H2,1H3. The Morgan fingerprint density at radius 2 is 2.05 bits per heavy atom. The molecule has 20 heavy (non-hydrogen) atoms. The minimum absolute atomic E-state index is 0.506. The third-order valence-corrected chi connectivity index (χ3v) is 3.99. The van der Waals surface area contributed by atoms with E-state index < -0.39 is 0 Å². The predicted molar refractivity (Wildman–Crippen MR) is 88.2 cm³/mol. The lowest BCUT2D eigenvalue weighted by Gasteiger charge is -2.12. The number of methoxy groups -OCH3 is 1. The van der Waals surface area contributed by atoms with Gasteiger partial charge in [-0.2, -0.15) is 0 Å². The van der Waals surface area contributed by atoms with E-state index in [1.807, 2.05) is 18.2 Å². The van der Waals surface area contributed by atoms with Crippen molar-refractivity contribution in [2.75, 3.05) is 7.11 Å². The lowest BCUT2D eigenvalue weighted by Crippen LogP contribution is -2.13. The zero-order chi connectivity index (χ0) is 14.5. The van der Waals surface area contributed by atoms with Crippen LogP contribution < -0.4 is 10.1 Å². The predicted octanol–water partition coefficient (Wildman–Crippen LogP) is 4.56. The van der Waals surface area contributed by atoms with Crippen LogP contribution in [-0.2, 0) is 13.1 Å². The van der Waals surface area contributed by atoms with Gasteiger partial charge in [-0.05, 0) is 39.7 Å². The Morgan fingerprint density at radius 1 is 1.25 bits per heavy atom. The summed E-state index contributed by atoms with van der Waals surface area (Å²) in [5.74, 6) is 0.843. The van der Waals surface area contributed by atoms with Gasteiger partial charge in [-0.25, -0.2) is 4.98 Å². The molecule has 0 aliphatic rings. The summed E-state index contributed by atoms with van der Waals surface area (Å²) in [4.78, 5) is 4.05. The Labute approximate surface area is 140 Å². The summed E-state index contributed by atoms with van der Waals surface area (Å²) in [7, 11) is 1.67. The number of hydrogen-bond acceptors (Lipinski definition) is 3. The van der Waals surface area contributed by atoms with Crippen molar-refractivity contribution < 1.29 is 4.74 Å². The van der Waals surface area contributed by atoms with Gasteiger partial charge in [0, 0.05) is 29.3 Å². The zero-order valence-electron chi connectivity index (χ0n) is 10.8. The highest BCUT2D eigenvalue weighted by atomic mass is 79.9. The molecule has 0 atom stereocenters. The van der Waals surface area contributed by atoms with E-state index in [2.05, 4.69) is 42.2 Å². The van der Waals surface area contributed by atoms with E-state index in [4.69, 9.17) is 16.3 Å². The fourth-order valence-corrected chi connectivity index (χ4v) is 3.41. The SMILES string of the molecule is COc1c(Br)cc(Br)cc1CNCc1ccc(Cl)nc1. The van der Waals surface area contributed by atoms with Crippen LogP contribution in [0.25, 0.3) is 0 Å². The molecule has 1 aromatic carbocycles. The molecular weight excluding hydrogens is 407 g/mol. The molecule has 3 nitrogen and oxygen atoms in total. The van der Waals surface area contributed by atoms with Gasteiger partial charge in [0.05, 0.1) is 11.6 Å². The molecule has 0 unspecified atom stereocenters. The molecule has 2 rings (SSSR count). The number of benzene rings is 1. The number of aromatic nitrogens is 1. The van der Waals surface area contributed by atoms with Gasteiger partial charge in [-0.3, -0.25) is 0 Å². The van der Waals surface area contributed by atoms with Crippen LogP contribution in [0.5, 0.6) is 5.75 Å². The number of hydrogen-bond donors (Lipinski definition) is 1. The molecule has 0 aliphatic carbocycles. The van der Waals surface area contributed by atoms with Gasteiger partial charge in [-0.1, -0.05) is 33.6 Å². The van der Waals surface area contributed by atoms with Crippen LogP contribution in [0, 0.1) is 0 Å². The van der Waals surface area contributed by atoms with Crippen LogP contribution in [0.2, 0.25) is 5.15 Å². The third kappa shape index (κ3) is 4.19. The zero-order valence-corrected chi connectivity index (χ0v) is 14.7. The van der Waals surface area contributed by atoms with Crippen LogP contribution in [0.4, 0.5) is 0 Å². The molecular formula is C14H13Br2ClN2O. The third-order valence-electron chi connectivity index (χ3n) is 2.72. The molecule has 6 heteroatoms. The topological polar surface area (TPSA) is 34.1 Å². The fourth-order valence-electron chi connectivity index (χ4n) is 1.83. The van der Waals surface area contributed by atoms with E-state index in [0.29, 0.717) is 11.7 Å². The van der Waals surface area contributed by atoms with Gasteiger partial charge in [0.25, 0.3) is 0 Å². The van der Waals surface area contributed by atoms with Crippen molar-refractivity contribution in [3.63, 3.8) is 0 Å². The maximum atomic E-state index is 5.76. The van der Waals surface area contributed by atoms with E-state index >= 15 is 0 Å². The number of halogens is 3. The van der Waals surface area contributed by atoms with E-state index in [0.717, 1.165) is 32.4 Å². The summed E-state index contributed by atoms with van der Waals surface area (Å²) in [6, 6.07) is 7.74. The van der Waals surface area contributed by atoms with Crippen molar-refractivity contribution >= 4 is 43.5 Å². The van der Waals surface area contributed by atoms with Gasteiger partial charge in [0.2, 0.25) is 0 Å². The Hall–Kier alpha value is -0.620. The number of ether oxygens (including phenoxy) is 1. The summed E-state index contributed by atoms with van der Waals surface area (Å²) in [6.45, 7) is 1.42. The van der Waals surface area contributed by atoms with Gasteiger partial charge in [0.15, 0.2) is 0 Å². The Balaban J connectivity index is 2.02. The smallest absolute Gasteiger partial charge is 0.137 e. The first-order valence-electron chi connectivity index (χ1n) is 5.93. The highest BCUT2D eigenvalue weighted by molar-refractivity contribution is 9.11. The molecule has 0 radical (unpaired) electrons. The van der Waals surface area contributed by atoms with Crippen LogP contribution in [0.1, 0.15) is 11.1 Å². The van der Waals surface area contributed by atoms with E-state index in [1.54, 1.807) is 19.4 Å². The summed E-state index contributed by atoms with van der Waals surface area (Å²) in [5.41, 5.74) is 2.16. The summed E-state index contributed by atoms with van der Waals surface area (Å²) < 4.78 is 7.35. The minimum atomic E-state index is 0.506. The Kier molecular flexibility index (Phi) is 5.84. The first kappa shape index (κ1) is 15.8. The van der Waals surface area contributed by atoms with Crippen molar-refractivity contribution in [3.8, 4) is 5.75 Å². The van der Waals surface area contributed by atoms with Gasteiger partial charge in [-0.15, -0.1) is 0 Å². The molecule has 0 saturated carbocycles. The molecule has 0 spiro atoms. The van der Waals surface area contributed by atoms with Crippen molar-refractivity contribution in [1.82, 2.24) is 10.3 Å². The maximum absolute atomic E-state index is 5.76. The van der Waals surface area contributed by atoms with Crippen LogP contribution in [-0.4, -0.2) is 12.1 Å². The second-order valence-corrected chi connectivity index (χ2v) is 6.33. The first-order valence-corrected chi connectivity index (χ1v) is 7.89. The number of rotatable bonds is 5. The lowest BCUT2D eigenvalue weighted by molar-refractivity contribution is 0.405. The normalized spacial score (nSPS) is 10.6. The van der Waals surface area contributed by atoms with Crippen molar-refractivity contribution in [1.29, 1.82) is 0 Å². The van der Waals surface area contributed by atoms with E-state index in [9.17, 15) is 0 Å². The molecule has 1 aromatic heterocycles. The average Bonchev–Trinajstić information content (AvgIpc) is 2.40. The molecule has 0 amide bonds. The van der Waals surface area contributed by atoms with Crippen LogP contribution in [0.15, 0.2) is 39.4 Å². The number of pyridine rings is 1. The van der Waals surface area contributed by atoms with Crippen molar-refractivity contribution in [2.24, 2.45) is 0 Å². The fraction of sp³-hybridized carbons (Fsp3) is 0.214. The summed E-state index contributed by atoms with van der Waals surface area (Å²) >= 11 is 12.7. The maximum Gasteiger partial charge on any atom is 0.137 e. The van der Waals surface area contributed by atoms with Crippen LogP contribution >= 0.6 is 43.5 Å². The Morgan fingerprint density at radius 3 is 2.70 bits per heavy atom. The molecule has 2 aromatic rings. The molecule has 0 bridgehead atoms. The average molecular weight is 421 g/mol.